The van der Waals surface area contributed by atoms with E-state index in [1.165, 1.54) is 0 Å². The second kappa shape index (κ2) is 8.90. The van der Waals surface area contributed by atoms with E-state index in [-0.39, 0.29) is 0 Å². The van der Waals surface area contributed by atoms with Crippen LogP contribution in [-0.2, 0) is 4.57 Å². The van der Waals surface area contributed by atoms with Gasteiger partial charge < -0.3 is 13.9 Å². The number of likely N-dealkylation sites (N-methyl/N-ethyl adjacent to an activating group) is 1. The van der Waals surface area contributed by atoms with Crippen LogP contribution in [0.5, 0.6) is 11.5 Å². The second-order valence-electron chi connectivity index (χ2n) is 6.15. The Morgan fingerprint density at radius 2 is 1.37 bits per heavy atom. The maximum absolute atomic E-state index is 13.2. The molecule has 0 saturated carbocycles. The van der Waals surface area contributed by atoms with E-state index in [0.29, 0.717) is 24.6 Å². The molecule has 9 heteroatoms. The lowest BCUT2D eigenvalue weighted by atomic mass is 10.3. The first-order valence-corrected chi connectivity index (χ1v) is 10.2. The summed E-state index contributed by atoms with van der Waals surface area (Å²) >= 11 is 0. The number of nitrogens with one attached hydrogen (secondary N) is 2. The number of hydrogen-bond acceptors (Lipinski definition) is 6. The normalized spacial score (nSPS) is 15.7. The van der Waals surface area contributed by atoms with E-state index in [4.69, 9.17) is 9.05 Å². The number of hydrazine groups is 1. The van der Waals surface area contributed by atoms with Crippen LogP contribution < -0.4 is 19.6 Å². The Labute approximate surface area is 158 Å². The first-order chi connectivity index (χ1) is 13.0. The van der Waals surface area contributed by atoms with Gasteiger partial charge in [-0.1, -0.05) is 36.4 Å². The van der Waals surface area contributed by atoms with Gasteiger partial charge in [0.25, 0.3) is 0 Å². The molecule has 0 radical (unpaired) electrons. The second-order valence-corrected chi connectivity index (χ2v) is 7.73. The van der Waals surface area contributed by atoms with Crippen LogP contribution in [0.2, 0.25) is 0 Å². The third-order valence-corrected chi connectivity index (χ3v) is 5.32. The lowest BCUT2D eigenvalue weighted by Crippen LogP contribution is -2.54. The molecule has 144 valence electrons. The summed E-state index contributed by atoms with van der Waals surface area (Å²) in [5, 5.41) is 4.12. The number of amides is 2. The van der Waals surface area contributed by atoms with Gasteiger partial charge in [0, 0.05) is 26.2 Å². The fourth-order valence-electron chi connectivity index (χ4n) is 2.52. The van der Waals surface area contributed by atoms with E-state index in [1.807, 2.05) is 19.2 Å². The summed E-state index contributed by atoms with van der Waals surface area (Å²) in [4.78, 5) is 14.5. The van der Waals surface area contributed by atoms with E-state index in [9.17, 15) is 9.36 Å². The van der Waals surface area contributed by atoms with Gasteiger partial charge in [-0.25, -0.2) is 19.5 Å². The fourth-order valence-corrected chi connectivity index (χ4v) is 3.74. The molecule has 2 N–H and O–H groups in total. The van der Waals surface area contributed by atoms with Crippen molar-refractivity contribution in [2.24, 2.45) is 0 Å². The number of urea groups is 1. The number of para-hydroxylation sites is 2. The van der Waals surface area contributed by atoms with Crippen molar-refractivity contribution in [1.82, 2.24) is 20.4 Å². The molecule has 0 spiro atoms. The predicted octanol–water partition coefficient (Wildman–Crippen LogP) is 2.71. The number of carbonyl (C=O) groups excluding carboxylic acids is 1. The molecule has 2 amide bonds. The highest BCUT2D eigenvalue weighted by molar-refractivity contribution is 7.53. The zero-order chi connectivity index (χ0) is 19.1. The molecular weight excluding hydrogens is 367 g/mol. The average Bonchev–Trinajstić information content (AvgIpc) is 2.65. The Kier molecular flexibility index (Phi) is 6.34. The van der Waals surface area contributed by atoms with Gasteiger partial charge in [-0.2, -0.15) is 0 Å². The summed E-state index contributed by atoms with van der Waals surface area (Å²) in [5.74, 6) is 0.660. The molecule has 2 aromatic rings. The van der Waals surface area contributed by atoms with Crippen molar-refractivity contribution in [2.45, 2.75) is 0 Å². The number of rotatable bonds is 6. The molecule has 2 aromatic carbocycles. The van der Waals surface area contributed by atoms with Crippen molar-refractivity contribution >= 4 is 13.8 Å². The SMILES string of the molecule is CN1CCN(NC(=O)NP(=O)(Oc2ccccc2)Oc2ccccc2)CC1. The third kappa shape index (κ3) is 5.99. The van der Waals surface area contributed by atoms with E-state index in [2.05, 4.69) is 15.4 Å². The molecular formula is C18H23N4O4P. The molecule has 0 atom stereocenters. The molecule has 3 rings (SSSR count). The minimum atomic E-state index is -4.00. The molecule has 0 aliphatic carbocycles. The predicted molar refractivity (Wildman–Crippen MR) is 102 cm³/mol. The third-order valence-electron chi connectivity index (χ3n) is 3.94. The highest BCUT2D eigenvalue weighted by atomic mass is 31.2. The molecule has 1 saturated heterocycles. The number of carbonyl (C=O) groups is 1. The highest BCUT2D eigenvalue weighted by Crippen LogP contribution is 2.44. The average molecular weight is 390 g/mol. The van der Waals surface area contributed by atoms with Crippen LogP contribution in [0.3, 0.4) is 0 Å². The summed E-state index contributed by atoms with van der Waals surface area (Å²) in [6, 6.07) is 16.5. The molecule has 1 aliphatic rings. The molecule has 0 unspecified atom stereocenters. The lowest BCUT2D eigenvalue weighted by Gasteiger charge is -2.32. The van der Waals surface area contributed by atoms with Crippen LogP contribution in [-0.4, -0.2) is 49.2 Å². The maximum atomic E-state index is 13.2. The van der Waals surface area contributed by atoms with Crippen LogP contribution in [0.4, 0.5) is 4.79 Å². The molecule has 27 heavy (non-hydrogen) atoms. The van der Waals surface area contributed by atoms with Crippen molar-refractivity contribution in [3.63, 3.8) is 0 Å². The fraction of sp³-hybridized carbons (Fsp3) is 0.278. The van der Waals surface area contributed by atoms with E-state index >= 15 is 0 Å². The number of benzene rings is 2. The molecule has 0 aromatic heterocycles. The lowest BCUT2D eigenvalue weighted by molar-refractivity contribution is 0.113. The minimum absolute atomic E-state index is 0.330. The largest absolute Gasteiger partial charge is 0.545 e. The van der Waals surface area contributed by atoms with Gasteiger partial charge in [0.05, 0.1) is 0 Å². The van der Waals surface area contributed by atoms with Crippen molar-refractivity contribution in [3.05, 3.63) is 60.7 Å². The van der Waals surface area contributed by atoms with Crippen LogP contribution in [0.1, 0.15) is 0 Å². The molecule has 8 nitrogen and oxygen atoms in total. The van der Waals surface area contributed by atoms with Crippen LogP contribution in [0, 0.1) is 0 Å². The van der Waals surface area contributed by atoms with Gasteiger partial charge in [-0.15, -0.1) is 0 Å². The Hall–Kier alpha value is -2.54. The van der Waals surface area contributed by atoms with E-state index in [0.717, 1.165) is 13.1 Å². The Morgan fingerprint density at radius 3 is 1.85 bits per heavy atom. The quantitative estimate of drug-likeness (QED) is 0.738. The van der Waals surface area contributed by atoms with Crippen LogP contribution >= 0.6 is 7.75 Å². The monoisotopic (exact) mass is 390 g/mol. The van der Waals surface area contributed by atoms with Gasteiger partial charge in [0.2, 0.25) is 0 Å². The van der Waals surface area contributed by atoms with Gasteiger partial charge in [-0.05, 0) is 31.3 Å². The topological polar surface area (TPSA) is 83.1 Å². The van der Waals surface area contributed by atoms with Crippen LogP contribution in [0.25, 0.3) is 0 Å². The van der Waals surface area contributed by atoms with Gasteiger partial charge in [0.15, 0.2) is 0 Å². The highest BCUT2D eigenvalue weighted by Gasteiger charge is 2.32. The Bertz CT molecular complexity index is 737. The Morgan fingerprint density at radius 1 is 0.889 bits per heavy atom. The number of nitrogens with zero attached hydrogens (tertiary/aromatic N) is 2. The summed E-state index contributed by atoms with van der Waals surface area (Å²) in [6.45, 7) is 3.01. The number of piperazine rings is 1. The van der Waals surface area contributed by atoms with E-state index in [1.54, 1.807) is 53.5 Å². The van der Waals surface area contributed by atoms with Gasteiger partial charge in [0.1, 0.15) is 11.5 Å². The molecule has 1 fully saturated rings. The number of hydrogen-bond donors (Lipinski definition) is 2. The zero-order valence-corrected chi connectivity index (χ0v) is 16.0. The van der Waals surface area contributed by atoms with E-state index < -0.39 is 13.8 Å². The smallest absolute Gasteiger partial charge is 0.400 e. The molecule has 1 aliphatic heterocycles. The summed E-state index contributed by atoms with van der Waals surface area (Å²) in [7, 11) is -1.98. The standard InChI is InChI=1S/C18H23N4O4P/c1-21-12-14-22(15-13-21)19-18(23)20-27(24,25-16-8-4-2-5-9-16)26-17-10-6-3-7-11-17/h2-11H,12-15H2,1H3,(H2,19,20,23,24). The summed E-state index contributed by atoms with van der Waals surface area (Å²) in [6.07, 6.45) is 0. The minimum Gasteiger partial charge on any atom is -0.400 e. The molecule has 1 heterocycles. The summed E-state index contributed by atoms with van der Waals surface area (Å²) in [5.41, 5.74) is 2.69. The van der Waals surface area contributed by atoms with Crippen molar-refractivity contribution in [2.75, 3.05) is 33.2 Å². The Balaban J connectivity index is 1.69. The van der Waals surface area contributed by atoms with Crippen molar-refractivity contribution < 1.29 is 18.4 Å². The first kappa shape index (κ1) is 19.2. The summed E-state index contributed by atoms with van der Waals surface area (Å²) < 4.78 is 24.2. The maximum Gasteiger partial charge on any atom is 0.545 e. The zero-order valence-electron chi connectivity index (χ0n) is 15.1. The molecule has 0 bridgehead atoms. The van der Waals surface area contributed by atoms with Crippen molar-refractivity contribution in [1.29, 1.82) is 0 Å². The van der Waals surface area contributed by atoms with Crippen LogP contribution in [0.15, 0.2) is 60.7 Å². The van der Waals surface area contributed by atoms with Crippen molar-refractivity contribution in [3.8, 4) is 11.5 Å². The van der Waals surface area contributed by atoms with Gasteiger partial charge in [-0.3, -0.25) is 5.43 Å². The van der Waals surface area contributed by atoms with Gasteiger partial charge >= 0.3 is 13.8 Å². The first-order valence-electron chi connectivity index (χ1n) is 8.64.